The summed E-state index contributed by atoms with van der Waals surface area (Å²) < 4.78 is 29.4. The molecule has 0 radical (unpaired) electrons. The van der Waals surface area contributed by atoms with E-state index in [0.29, 0.717) is 22.3 Å². The van der Waals surface area contributed by atoms with Gasteiger partial charge in [-0.05, 0) is 36.4 Å². The van der Waals surface area contributed by atoms with Gasteiger partial charge in [-0.3, -0.25) is 9.71 Å². The van der Waals surface area contributed by atoms with Crippen molar-refractivity contribution in [1.82, 2.24) is 0 Å². The molecule has 0 aromatic heterocycles. The Hall–Kier alpha value is -3.84. The number of benzene rings is 4. The van der Waals surface area contributed by atoms with Crippen molar-refractivity contribution in [3.05, 3.63) is 90.5 Å². The van der Waals surface area contributed by atoms with Crippen LogP contribution in [0.3, 0.4) is 0 Å². The number of hydrogen-bond acceptors (Lipinski definition) is 5. The molecule has 0 saturated heterocycles. The second-order valence-electron chi connectivity index (χ2n) is 7.46. The molecule has 162 valence electrons. The highest BCUT2D eigenvalue weighted by molar-refractivity contribution is 7.93. The van der Waals surface area contributed by atoms with Crippen molar-refractivity contribution in [3.8, 4) is 5.75 Å². The molecular weight excluding hydrogens is 422 g/mol. The van der Waals surface area contributed by atoms with Gasteiger partial charge in [-0.2, -0.15) is 0 Å². The highest BCUT2D eigenvalue weighted by Gasteiger charge is 2.20. The molecule has 0 spiro atoms. The fourth-order valence-electron chi connectivity index (χ4n) is 3.50. The lowest BCUT2D eigenvalue weighted by molar-refractivity contribution is 0.474. The van der Waals surface area contributed by atoms with Gasteiger partial charge in [0.25, 0.3) is 10.0 Å². The summed E-state index contributed by atoms with van der Waals surface area (Å²) in [5.41, 5.74) is 2.26. The zero-order valence-corrected chi connectivity index (χ0v) is 18.5. The van der Waals surface area contributed by atoms with Gasteiger partial charge >= 0.3 is 0 Å². The van der Waals surface area contributed by atoms with Gasteiger partial charge in [0.15, 0.2) is 0 Å². The van der Waals surface area contributed by atoms with E-state index in [2.05, 4.69) is 9.71 Å². The molecule has 2 N–H and O–H groups in total. The van der Waals surface area contributed by atoms with E-state index < -0.39 is 10.0 Å². The van der Waals surface area contributed by atoms with Gasteiger partial charge in [-0.1, -0.05) is 48.5 Å². The Morgan fingerprint density at radius 3 is 2.31 bits per heavy atom. The lowest BCUT2D eigenvalue weighted by atomic mass is 10.1. The maximum absolute atomic E-state index is 13.4. The summed E-state index contributed by atoms with van der Waals surface area (Å²) in [6.45, 7) is 0. The number of rotatable bonds is 6. The zero-order chi connectivity index (χ0) is 22.7. The molecule has 6 nitrogen and oxygen atoms in total. The third kappa shape index (κ3) is 4.29. The summed E-state index contributed by atoms with van der Waals surface area (Å²) >= 11 is 0. The van der Waals surface area contributed by atoms with Crippen molar-refractivity contribution in [1.29, 1.82) is 0 Å². The second-order valence-corrected chi connectivity index (χ2v) is 9.11. The van der Waals surface area contributed by atoms with Crippen LogP contribution in [-0.4, -0.2) is 33.8 Å². The lowest BCUT2D eigenvalue weighted by Gasteiger charge is -2.17. The summed E-state index contributed by atoms with van der Waals surface area (Å²) in [5, 5.41) is 11.4. The molecule has 0 heterocycles. The summed E-state index contributed by atoms with van der Waals surface area (Å²) in [5.74, 6) is 0.0989. The predicted molar refractivity (Wildman–Crippen MR) is 131 cm³/mol. The lowest BCUT2D eigenvalue weighted by Crippen LogP contribution is -2.14. The molecule has 0 aliphatic heterocycles. The Morgan fingerprint density at radius 2 is 1.53 bits per heavy atom. The van der Waals surface area contributed by atoms with Crippen molar-refractivity contribution in [2.75, 3.05) is 23.7 Å². The number of sulfonamides is 1. The smallest absolute Gasteiger partial charge is 0.262 e. The minimum Gasteiger partial charge on any atom is -0.507 e. The second kappa shape index (κ2) is 8.72. The number of para-hydroxylation sites is 3. The van der Waals surface area contributed by atoms with Crippen molar-refractivity contribution in [3.63, 3.8) is 0 Å². The molecule has 32 heavy (non-hydrogen) atoms. The third-order valence-electron chi connectivity index (χ3n) is 5.06. The van der Waals surface area contributed by atoms with Crippen LogP contribution in [0.2, 0.25) is 0 Å². The Labute approximate surface area is 187 Å². The minimum absolute atomic E-state index is 0.0989. The SMILES string of the molecule is CN(C)c1cccc2c(S(=O)(=O)Nc3ccccc3N=Cc3ccccc3O)cccc12. The number of aliphatic imine (C=N–C) groups is 1. The van der Waals surface area contributed by atoms with Crippen molar-refractivity contribution in [2.24, 2.45) is 4.99 Å². The van der Waals surface area contributed by atoms with E-state index in [9.17, 15) is 13.5 Å². The summed E-state index contributed by atoms with van der Waals surface area (Å²) in [6.07, 6.45) is 1.50. The van der Waals surface area contributed by atoms with Gasteiger partial charge in [-0.25, -0.2) is 8.42 Å². The fraction of sp³-hybridized carbons (Fsp3) is 0.0800. The number of phenols is 1. The highest BCUT2D eigenvalue weighted by Crippen LogP contribution is 2.33. The molecule has 0 fully saturated rings. The molecule has 0 amide bonds. The van der Waals surface area contributed by atoms with Gasteiger partial charge in [0, 0.05) is 42.3 Å². The number of nitrogens with zero attached hydrogens (tertiary/aromatic N) is 2. The summed E-state index contributed by atoms with van der Waals surface area (Å²) in [4.78, 5) is 6.54. The molecule has 7 heteroatoms. The molecule has 0 unspecified atom stereocenters. The fourth-order valence-corrected chi connectivity index (χ4v) is 4.79. The predicted octanol–water partition coefficient (Wildman–Crippen LogP) is 5.16. The number of hydrogen-bond donors (Lipinski definition) is 2. The largest absolute Gasteiger partial charge is 0.507 e. The number of phenolic OH excluding ortho intramolecular Hbond substituents is 1. The number of aromatic hydroxyl groups is 1. The number of fused-ring (bicyclic) bond motifs is 1. The summed E-state index contributed by atoms with van der Waals surface area (Å²) in [7, 11) is -0.0406. The van der Waals surface area contributed by atoms with E-state index in [1.54, 1.807) is 66.7 Å². The first-order valence-corrected chi connectivity index (χ1v) is 11.5. The van der Waals surface area contributed by atoms with Gasteiger partial charge in [0.1, 0.15) is 5.75 Å². The van der Waals surface area contributed by atoms with Crippen LogP contribution < -0.4 is 9.62 Å². The van der Waals surface area contributed by atoms with E-state index in [-0.39, 0.29) is 10.6 Å². The quantitative estimate of drug-likeness (QED) is 0.402. The third-order valence-corrected chi connectivity index (χ3v) is 6.48. The Balaban J connectivity index is 1.73. The molecule has 0 bridgehead atoms. The van der Waals surface area contributed by atoms with Gasteiger partial charge in [-0.15, -0.1) is 0 Å². The van der Waals surface area contributed by atoms with Crippen LogP contribution in [0.1, 0.15) is 5.56 Å². The average molecular weight is 446 g/mol. The van der Waals surface area contributed by atoms with E-state index in [1.807, 2.05) is 37.2 Å². The van der Waals surface area contributed by atoms with Crippen LogP contribution in [-0.2, 0) is 10.0 Å². The molecule has 4 aromatic rings. The monoisotopic (exact) mass is 445 g/mol. The standard InChI is InChI=1S/C25H23N3O3S/c1-28(2)23-14-7-11-20-19(23)10-8-16-25(20)32(30,31)27-22-13-5-4-12-21(22)26-17-18-9-3-6-15-24(18)29/h3-17,27,29H,1-2H3. The normalized spacial score (nSPS) is 11.7. The van der Waals surface area contributed by atoms with Crippen LogP contribution >= 0.6 is 0 Å². The van der Waals surface area contributed by atoms with Crippen molar-refractivity contribution < 1.29 is 13.5 Å². The van der Waals surface area contributed by atoms with E-state index in [4.69, 9.17) is 0 Å². The van der Waals surface area contributed by atoms with E-state index in [0.717, 1.165) is 11.1 Å². The number of anilines is 2. The Kier molecular flexibility index (Phi) is 5.83. The first-order valence-electron chi connectivity index (χ1n) is 10.00. The summed E-state index contributed by atoms with van der Waals surface area (Å²) in [6, 6.07) is 24.5. The average Bonchev–Trinajstić information content (AvgIpc) is 2.78. The Bertz CT molecular complexity index is 1410. The van der Waals surface area contributed by atoms with Gasteiger partial charge < -0.3 is 10.0 Å². The molecular formula is C25H23N3O3S. The first kappa shape index (κ1) is 21.4. The van der Waals surface area contributed by atoms with Gasteiger partial charge in [0.2, 0.25) is 0 Å². The minimum atomic E-state index is -3.89. The molecule has 0 aliphatic carbocycles. The molecule has 0 saturated carbocycles. The van der Waals surface area contributed by atoms with Gasteiger partial charge in [0.05, 0.1) is 16.3 Å². The zero-order valence-electron chi connectivity index (χ0n) is 17.7. The maximum Gasteiger partial charge on any atom is 0.262 e. The Morgan fingerprint density at radius 1 is 0.844 bits per heavy atom. The highest BCUT2D eigenvalue weighted by atomic mass is 32.2. The van der Waals surface area contributed by atoms with Crippen molar-refractivity contribution >= 4 is 44.1 Å². The maximum atomic E-state index is 13.4. The molecule has 4 aromatic carbocycles. The van der Waals surface area contributed by atoms with E-state index in [1.165, 1.54) is 6.21 Å². The molecule has 0 aliphatic rings. The van der Waals surface area contributed by atoms with Crippen LogP contribution in [0.4, 0.5) is 17.1 Å². The number of nitrogens with one attached hydrogen (secondary N) is 1. The van der Waals surface area contributed by atoms with Crippen LogP contribution in [0.25, 0.3) is 10.8 Å². The van der Waals surface area contributed by atoms with Crippen LogP contribution in [0, 0.1) is 0 Å². The van der Waals surface area contributed by atoms with Crippen LogP contribution in [0.15, 0.2) is 94.8 Å². The molecule has 4 rings (SSSR count). The van der Waals surface area contributed by atoms with Crippen LogP contribution in [0.5, 0.6) is 5.75 Å². The topological polar surface area (TPSA) is 82.0 Å². The first-order chi connectivity index (χ1) is 15.4. The van der Waals surface area contributed by atoms with E-state index >= 15 is 0 Å². The molecule has 0 atom stereocenters. The van der Waals surface area contributed by atoms with Crippen molar-refractivity contribution in [2.45, 2.75) is 4.90 Å².